The minimum Gasteiger partial charge on any atom is -0.484 e. The molecule has 1 heterocycles. The van der Waals surface area contributed by atoms with Gasteiger partial charge >= 0.3 is 0 Å². The third-order valence-electron chi connectivity index (χ3n) is 4.83. The van der Waals surface area contributed by atoms with E-state index in [1.807, 2.05) is 75.4 Å². The molecule has 6 heteroatoms. The fourth-order valence-electron chi connectivity index (χ4n) is 3.21. The maximum absolute atomic E-state index is 12.5. The summed E-state index contributed by atoms with van der Waals surface area (Å²) in [4.78, 5) is 17.0. The predicted molar refractivity (Wildman–Crippen MR) is 119 cm³/mol. The highest BCUT2D eigenvalue weighted by atomic mass is 35.5. The van der Waals surface area contributed by atoms with Crippen molar-refractivity contribution in [3.05, 3.63) is 76.3 Å². The van der Waals surface area contributed by atoms with E-state index in [1.165, 1.54) is 0 Å². The van der Waals surface area contributed by atoms with E-state index in [1.54, 1.807) is 0 Å². The molecule has 5 nitrogen and oxygen atoms in total. The molecule has 0 atom stereocenters. The zero-order chi connectivity index (χ0) is 21.3. The molecule has 30 heavy (non-hydrogen) atoms. The molecule has 1 amide bonds. The molecule has 152 valence electrons. The van der Waals surface area contributed by atoms with Gasteiger partial charge < -0.3 is 14.5 Å². The monoisotopic (exact) mass is 420 g/mol. The molecule has 0 radical (unpaired) electrons. The number of anilines is 1. The highest BCUT2D eigenvalue weighted by molar-refractivity contribution is 6.32. The van der Waals surface area contributed by atoms with Crippen LogP contribution in [0, 0.1) is 20.8 Å². The molecule has 0 bridgehead atoms. The molecule has 0 unspecified atom stereocenters. The van der Waals surface area contributed by atoms with Gasteiger partial charge in [0.15, 0.2) is 12.2 Å². The third kappa shape index (κ3) is 4.16. The van der Waals surface area contributed by atoms with Crippen LogP contribution in [0.15, 0.2) is 59.0 Å². The molecule has 1 N–H and O–H groups in total. The van der Waals surface area contributed by atoms with Crippen LogP contribution in [-0.2, 0) is 4.79 Å². The fourth-order valence-corrected chi connectivity index (χ4v) is 3.32. The van der Waals surface area contributed by atoms with Crippen molar-refractivity contribution in [1.82, 2.24) is 4.98 Å². The van der Waals surface area contributed by atoms with Crippen molar-refractivity contribution < 1.29 is 13.9 Å². The first-order chi connectivity index (χ1) is 14.4. The number of fused-ring (bicyclic) bond motifs is 1. The molecule has 3 aromatic carbocycles. The molecule has 1 aromatic heterocycles. The minimum atomic E-state index is -0.252. The number of rotatable bonds is 5. The Morgan fingerprint density at radius 2 is 1.77 bits per heavy atom. The van der Waals surface area contributed by atoms with Gasteiger partial charge in [-0.15, -0.1) is 0 Å². The number of carbonyl (C=O) groups is 1. The zero-order valence-electron chi connectivity index (χ0n) is 17.0. The van der Waals surface area contributed by atoms with E-state index in [0.717, 1.165) is 33.4 Å². The summed E-state index contributed by atoms with van der Waals surface area (Å²) in [5.74, 6) is 0.870. The van der Waals surface area contributed by atoms with E-state index in [-0.39, 0.29) is 12.5 Å². The van der Waals surface area contributed by atoms with E-state index < -0.39 is 0 Å². The number of carbonyl (C=O) groups excluding carboxylic acids is 1. The molecule has 0 aliphatic rings. The smallest absolute Gasteiger partial charge is 0.262 e. The maximum atomic E-state index is 12.5. The van der Waals surface area contributed by atoms with Crippen molar-refractivity contribution in [3.63, 3.8) is 0 Å². The van der Waals surface area contributed by atoms with Gasteiger partial charge in [-0.1, -0.05) is 29.8 Å². The van der Waals surface area contributed by atoms with Crippen molar-refractivity contribution in [2.24, 2.45) is 0 Å². The Labute approximate surface area is 179 Å². The molecular weight excluding hydrogens is 400 g/mol. The highest BCUT2D eigenvalue weighted by Gasteiger charge is 2.12. The van der Waals surface area contributed by atoms with E-state index in [2.05, 4.69) is 10.3 Å². The van der Waals surface area contributed by atoms with Crippen molar-refractivity contribution in [2.75, 3.05) is 11.9 Å². The number of halogens is 1. The van der Waals surface area contributed by atoms with Gasteiger partial charge in [-0.25, -0.2) is 4.98 Å². The summed E-state index contributed by atoms with van der Waals surface area (Å²) in [6, 6.07) is 16.9. The van der Waals surface area contributed by atoms with E-state index in [9.17, 15) is 4.79 Å². The standard InChI is InChI=1S/C24H21ClN2O3/c1-14-8-9-17(24-27-19-6-4-5-7-21(19)30-24)12-20(14)26-22(28)13-29-18-10-15(2)23(25)16(3)11-18/h4-12H,13H2,1-3H3,(H,26,28). The number of ether oxygens (including phenoxy) is 1. The summed E-state index contributed by atoms with van der Waals surface area (Å²) in [7, 11) is 0. The van der Waals surface area contributed by atoms with Gasteiger partial charge in [0.2, 0.25) is 5.89 Å². The normalized spacial score (nSPS) is 10.9. The Morgan fingerprint density at radius 3 is 2.50 bits per heavy atom. The van der Waals surface area contributed by atoms with Crippen LogP contribution in [0.25, 0.3) is 22.6 Å². The Bertz CT molecular complexity index is 1190. The lowest BCUT2D eigenvalue weighted by Crippen LogP contribution is -2.20. The van der Waals surface area contributed by atoms with Crippen LogP contribution < -0.4 is 10.1 Å². The number of amides is 1. The zero-order valence-corrected chi connectivity index (χ0v) is 17.7. The van der Waals surface area contributed by atoms with E-state index in [0.29, 0.717) is 22.4 Å². The Morgan fingerprint density at radius 1 is 1.03 bits per heavy atom. The quantitative estimate of drug-likeness (QED) is 0.424. The van der Waals surface area contributed by atoms with Crippen LogP contribution in [0.1, 0.15) is 16.7 Å². The van der Waals surface area contributed by atoms with Gasteiger partial charge in [0.25, 0.3) is 5.91 Å². The molecule has 0 fully saturated rings. The molecule has 0 spiro atoms. The van der Waals surface area contributed by atoms with Crippen molar-refractivity contribution in [1.29, 1.82) is 0 Å². The largest absolute Gasteiger partial charge is 0.484 e. The Kier molecular flexibility index (Phi) is 5.46. The number of oxazole rings is 1. The molecule has 0 aliphatic carbocycles. The maximum Gasteiger partial charge on any atom is 0.262 e. The average Bonchev–Trinajstić information content (AvgIpc) is 3.16. The van der Waals surface area contributed by atoms with Crippen LogP contribution >= 0.6 is 11.6 Å². The Hall–Kier alpha value is -3.31. The highest BCUT2D eigenvalue weighted by Crippen LogP contribution is 2.28. The summed E-state index contributed by atoms with van der Waals surface area (Å²) in [5.41, 5.74) is 5.74. The summed E-state index contributed by atoms with van der Waals surface area (Å²) in [5, 5.41) is 3.61. The summed E-state index contributed by atoms with van der Waals surface area (Å²) in [6.07, 6.45) is 0. The molecule has 0 saturated carbocycles. The van der Waals surface area contributed by atoms with Gasteiger partial charge in [0, 0.05) is 16.3 Å². The van der Waals surface area contributed by atoms with Crippen LogP contribution in [-0.4, -0.2) is 17.5 Å². The van der Waals surface area contributed by atoms with Gasteiger partial charge in [0.05, 0.1) is 0 Å². The number of nitrogens with zero attached hydrogens (tertiary/aromatic N) is 1. The summed E-state index contributed by atoms with van der Waals surface area (Å²) < 4.78 is 11.5. The average molecular weight is 421 g/mol. The van der Waals surface area contributed by atoms with Gasteiger partial charge in [-0.2, -0.15) is 0 Å². The van der Waals surface area contributed by atoms with Crippen LogP contribution in [0.5, 0.6) is 5.75 Å². The number of para-hydroxylation sites is 2. The SMILES string of the molecule is Cc1ccc(-c2nc3ccccc3o2)cc1NC(=O)COc1cc(C)c(Cl)c(C)c1. The number of aryl methyl sites for hydroxylation is 3. The number of nitrogens with one attached hydrogen (secondary N) is 1. The summed E-state index contributed by atoms with van der Waals surface area (Å²) >= 11 is 6.18. The van der Waals surface area contributed by atoms with Crippen LogP contribution in [0.4, 0.5) is 5.69 Å². The first kappa shape index (κ1) is 20.0. The van der Waals surface area contributed by atoms with Crippen LogP contribution in [0.3, 0.4) is 0 Å². The molecule has 4 aromatic rings. The van der Waals surface area contributed by atoms with Gasteiger partial charge in [0.1, 0.15) is 11.3 Å². The van der Waals surface area contributed by atoms with Gasteiger partial charge in [-0.3, -0.25) is 4.79 Å². The summed E-state index contributed by atoms with van der Waals surface area (Å²) in [6.45, 7) is 5.64. The lowest BCUT2D eigenvalue weighted by molar-refractivity contribution is -0.118. The molecule has 4 rings (SSSR count). The first-order valence-electron chi connectivity index (χ1n) is 9.57. The number of hydrogen-bond acceptors (Lipinski definition) is 4. The first-order valence-corrected chi connectivity index (χ1v) is 9.94. The number of aromatic nitrogens is 1. The third-order valence-corrected chi connectivity index (χ3v) is 5.43. The van der Waals surface area contributed by atoms with Crippen molar-refractivity contribution in [2.45, 2.75) is 20.8 Å². The predicted octanol–water partition coefficient (Wildman–Crippen LogP) is 6.09. The van der Waals surface area contributed by atoms with Crippen molar-refractivity contribution in [3.8, 4) is 17.2 Å². The second-order valence-corrected chi connectivity index (χ2v) is 7.60. The second-order valence-electron chi connectivity index (χ2n) is 7.22. The molecule has 0 aliphatic heterocycles. The van der Waals surface area contributed by atoms with Gasteiger partial charge in [-0.05, 0) is 73.9 Å². The number of benzene rings is 3. The molecular formula is C24H21ClN2O3. The lowest BCUT2D eigenvalue weighted by atomic mass is 10.1. The Balaban J connectivity index is 1.49. The topological polar surface area (TPSA) is 64.4 Å². The minimum absolute atomic E-state index is 0.104. The van der Waals surface area contributed by atoms with Crippen molar-refractivity contribution >= 4 is 34.3 Å². The lowest BCUT2D eigenvalue weighted by Gasteiger charge is -2.12. The fraction of sp³-hybridized carbons (Fsp3) is 0.167. The second kappa shape index (κ2) is 8.20. The molecule has 0 saturated heterocycles. The number of hydrogen-bond donors (Lipinski definition) is 1. The van der Waals surface area contributed by atoms with E-state index >= 15 is 0 Å². The van der Waals surface area contributed by atoms with E-state index in [4.69, 9.17) is 20.8 Å². The van der Waals surface area contributed by atoms with Crippen LogP contribution in [0.2, 0.25) is 5.02 Å².